The number of carbonyl (C=O) groups excluding carboxylic acids is 3. The van der Waals surface area contributed by atoms with Gasteiger partial charge in [-0.3, -0.25) is 19.7 Å². The highest BCUT2D eigenvalue weighted by Gasteiger charge is 2.36. The molecule has 160 valence electrons. The van der Waals surface area contributed by atoms with Gasteiger partial charge in [0.2, 0.25) is 0 Å². The molecular formula is C23H16BrN3O4S. The van der Waals surface area contributed by atoms with E-state index in [-0.39, 0.29) is 16.9 Å². The fourth-order valence-electron chi connectivity index (χ4n) is 3.29. The Labute approximate surface area is 197 Å². The third kappa shape index (κ3) is 4.12. The van der Waals surface area contributed by atoms with E-state index >= 15 is 0 Å². The zero-order valence-electron chi connectivity index (χ0n) is 16.7. The number of ether oxygens (including phenoxy) is 1. The molecule has 4 rings (SSSR count). The second-order valence-corrected chi connectivity index (χ2v) is 8.06. The first kappa shape index (κ1) is 21.7. The number of hydrogen-bond donors (Lipinski definition) is 2. The van der Waals surface area contributed by atoms with E-state index < -0.39 is 5.91 Å². The third-order valence-electron chi connectivity index (χ3n) is 4.80. The monoisotopic (exact) mass is 509 g/mol. The van der Waals surface area contributed by atoms with Gasteiger partial charge in [0.15, 0.2) is 5.11 Å². The number of methoxy groups -OCH3 is 1. The summed E-state index contributed by atoms with van der Waals surface area (Å²) in [6.07, 6.45) is 0. The molecular weight excluding hydrogens is 494 g/mol. The average molecular weight is 510 g/mol. The van der Waals surface area contributed by atoms with Crippen LogP contribution >= 0.6 is 28.1 Å². The number of nitrogens with zero attached hydrogens (tertiary/aromatic N) is 1. The summed E-state index contributed by atoms with van der Waals surface area (Å²) in [5, 5.41) is 5.58. The molecule has 2 N–H and O–H groups in total. The summed E-state index contributed by atoms with van der Waals surface area (Å²) in [6.45, 7) is 0. The molecule has 0 saturated carbocycles. The molecule has 3 aromatic carbocycles. The van der Waals surface area contributed by atoms with Crippen LogP contribution in [0.15, 0.2) is 71.2 Å². The molecule has 0 spiro atoms. The average Bonchev–Trinajstić information content (AvgIpc) is 3.04. The predicted octanol–water partition coefficient (Wildman–Crippen LogP) is 4.39. The standard InChI is InChI=1S/C23H16BrN3O4S/c1-31-19-10-9-13(11-18(19)24)20(28)26-23(32)25-14-5-4-6-15(12-14)27-21(29)16-7-2-3-8-17(16)22(27)30/h2-12H,1H3,(H2,25,26,28,32). The number of nitrogens with one attached hydrogen (secondary N) is 2. The van der Waals surface area contributed by atoms with Gasteiger partial charge < -0.3 is 10.1 Å². The maximum absolute atomic E-state index is 12.7. The Balaban J connectivity index is 1.47. The number of rotatable bonds is 4. The number of benzene rings is 3. The van der Waals surface area contributed by atoms with Gasteiger partial charge in [0.05, 0.1) is 28.4 Å². The summed E-state index contributed by atoms with van der Waals surface area (Å²) >= 11 is 8.59. The van der Waals surface area contributed by atoms with E-state index in [4.69, 9.17) is 17.0 Å². The van der Waals surface area contributed by atoms with Crippen molar-refractivity contribution in [3.63, 3.8) is 0 Å². The van der Waals surface area contributed by atoms with Crippen molar-refractivity contribution in [3.8, 4) is 5.75 Å². The van der Waals surface area contributed by atoms with Gasteiger partial charge in [-0.1, -0.05) is 18.2 Å². The largest absolute Gasteiger partial charge is 0.496 e. The number of amides is 3. The maximum atomic E-state index is 12.7. The van der Waals surface area contributed by atoms with Crippen LogP contribution < -0.4 is 20.3 Å². The molecule has 3 amide bonds. The van der Waals surface area contributed by atoms with Crippen LogP contribution in [0.25, 0.3) is 0 Å². The Bertz CT molecular complexity index is 1240. The second kappa shape index (κ2) is 8.89. The molecule has 1 aliphatic rings. The van der Waals surface area contributed by atoms with Crippen molar-refractivity contribution in [1.82, 2.24) is 5.32 Å². The van der Waals surface area contributed by atoms with Crippen LogP contribution in [0.5, 0.6) is 5.75 Å². The van der Waals surface area contributed by atoms with E-state index in [0.717, 1.165) is 4.90 Å². The van der Waals surface area contributed by atoms with E-state index in [0.29, 0.717) is 38.3 Å². The minimum Gasteiger partial charge on any atom is -0.496 e. The van der Waals surface area contributed by atoms with Gasteiger partial charge in [0.25, 0.3) is 17.7 Å². The molecule has 0 atom stereocenters. The smallest absolute Gasteiger partial charge is 0.266 e. The number of fused-ring (bicyclic) bond motifs is 1. The zero-order chi connectivity index (χ0) is 22.8. The van der Waals surface area contributed by atoms with Crippen molar-refractivity contribution in [3.05, 3.63) is 87.9 Å². The maximum Gasteiger partial charge on any atom is 0.266 e. The first-order valence-corrected chi connectivity index (χ1v) is 10.6. The summed E-state index contributed by atoms with van der Waals surface area (Å²) in [7, 11) is 1.54. The van der Waals surface area contributed by atoms with Gasteiger partial charge in [-0.15, -0.1) is 0 Å². The van der Waals surface area contributed by atoms with E-state index in [1.807, 2.05) is 0 Å². The molecule has 32 heavy (non-hydrogen) atoms. The van der Waals surface area contributed by atoms with E-state index in [2.05, 4.69) is 26.6 Å². The SMILES string of the molecule is COc1ccc(C(=O)NC(=S)Nc2cccc(N3C(=O)c4ccccc4C3=O)c2)cc1Br. The van der Waals surface area contributed by atoms with Crippen LogP contribution in [0.3, 0.4) is 0 Å². The number of hydrogen-bond acceptors (Lipinski definition) is 5. The predicted molar refractivity (Wildman–Crippen MR) is 128 cm³/mol. The quantitative estimate of drug-likeness (QED) is 0.400. The Morgan fingerprint density at radius 2 is 1.66 bits per heavy atom. The Morgan fingerprint density at radius 1 is 0.969 bits per heavy atom. The number of carbonyl (C=O) groups is 3. The van der Waals surface area contributed by atoms with E-state index in [1.165, 1.54) is 7.11 Å². The van der Waals surface area contributed by atoms with Gasteiger partial charge in [0, 0.05) is 11.3 Å². The molecule has 0 bridgehead atoms. The topological polar surface area (TPSA) is 87.7 Å². The molecule has 0 aromatic heterocycles. The van der Waals surface area contributed by atoms with Crippen LogP contribution in [-0.2, 0) is 0 Å². The van der Waals surface area contributed by atoms with Crippen molar-refractivity contribution >= 4 is 62.4 Å². The molecule has 0 fully saturated rings. The fourth-order valence-corrected chi connectivity index (χ4v) is 4.04. The van der Waals surface area contributed by atoms with Crippen LogP contribution in [0, 0.1) is 0 Å². The van der Waals surface area contributed by atoms with Crippen LogP contribution in [0.4, 0.5) is 11.4 Å². The number of imide groups is 1. The van der Waals surface area contributed by atoms with Gasteiger partial charge in [-0.25, -0.2) is 4.90 Å². The molecule has 3 aromatic rings. The second-order valence-electron chi connectivity index (χ2n) is 6.80. The van der Waals surface area contributed by atoms with Crippen molar-refractivity contribution in [2.75, 3.05) is 17.3 Å². The number of anilines is 2. The molecule has 7 nitrogen and oxygen atoms in total. The normalized spacial score (nSPS) is 12.4. The highest BCUT2D eigenvalue weighted by molar-refractivity contribution is 9.10. The molecule has 0 saturated heterocycles. The lowest BCUT2D eigenvalue weighted by Gasteiger charge is -2.16. The molecule has 0 unspecified atom stereocenters. The lowest BCUT2D eigenvalue weighted by atomic mass is 10.1. The highest BCUT2D eigenvalue weighted by atomic mass is 79.9. The zero-order valence-corrected chi connectivity index (χ0v) is 19.1. The first-order valence-electron chi connectivity index (χ1n) is 9.43. The van der Waals surface area contributed by atoms with Crippen LogP contribution in [0.1, 0.15) is 31.1 Å². The fraction of sp³-hybridized carbons (Fsp3) is 0.0435. The molecule has 9 heteroatoms. The number of halogens is 1. The van der Waals surface area contributed by atoms with Crippen molar-refractivity contribution < 1.29 is 19.1 Å². The van der Waals surface area contributed by atoms with Gasteiger partial charge >= 0.3 is 0 Å². The Morgan fingerprint density at radius 3 is 2.28 bits per heavy atom. The minimum atomic E-state index is -0.401. The van der Waals surface area contributed by atoms with Gasteiger partial charge in [-0.2, -0.15) is 0 Å². The molecule has 1 heterocycles. The summed E-state index contributed by atoms with van der Waals surface area (Å²) in [5.41, 5.74) is 2.03. The first-order chi connectivity index (χ1) is 15.4. The van der Waals surface area contributed by atoms with Gasteiger partial charge in [-0.05, 0) is 76.7 Å². The Kier molecular flexibility index (Phi) is 6.02. The summed E-state index contributed by atoms with van der Waals surface area (Å²) in [5.74, 6) is -0.568. The lowest BCUT2D eigenvalue weighted by molar-refractivity contribution is 0.0924. The van der Waals surface area contributed by atoms with Crippen molar-refractivity contribution in [2.24, 2.45) is 0 Å². The summed E-state index contributed by atoms with van der Waals surface area (Å²) in [6, 6.07) is 18.3. The lowest BCUT2D eigenvalue weighted by Crippen LogP contribution is -2.34. The van der Waals surface area contributed by atoms with E-state index in [9.17, 15) is 14.4 Å². The third-order valence-corrected chi connectivity index (χ3v) is 5.62. The summed E-state index contributed by atoms with van der Waals surface area (Å²) < 4.78 is 5.80. The summed E-state index contributed by atoms with van der Waals surface area (Å²) in [4.78, 5) is 39.0. The Hall–Kier alpha value is -3.56. The highest BCUT2D eigenvalue weighted by Crippen LogP contribution is 2.30. The van der Waals surface area contributed by atoms with Crippen LogP contribution in [0.2, 0.25) is 0 Å². The molecule has 0 aliphatic carbocycles. The van der Waals surface area contributed by atoms with Crippen LogP contribution in [-0.4, -0.2) is 29.9 Å². The van der Waals surface area contributed by atoms with E-state index in [1.54, 1.807) is 66.7 Å². The molecule has 0 radical (unpaired) electrons. The minimum absolute atomic E-state index is 0.0708. The van der Waals surface area contributed by atoms with Crippen molar-refractivity contribution in [2.45, 2.75) is 0 Å². The van der Waals surface area contributed by atoms with Gasteiger partial charge in [0.1, 0.15) is 5.75 Å². The molecule has 1 aliphatic heterocycles. The van der Waals surface area contributed by atoms with Crippen molar-refractivity contribution in [1.29, 1.82) is 0 Å². The number of thiocarbonyl (C=S) groups is 1.